The highest BCUT2D eigenvalue weighted by Gasteiger charge is 2.24. The third kappa shape index (κ3) is 6.58. The van der Waals surface area contributed by atoms with E-state index in [1.54, 1.807) is 54.6 Å². The van der Waals surface area contributed by atoms with Gasteiger partial charge in [0, 0.05) is 28.8 Å². The van der Waals surface area contributed by atoms with Crippen LogP contribution >= 0.6 is 34.8 Å². The van der Waals surface area contributed by atoms with Crippen LogP contribution in [-0.4, -0.2) is 21.6 Å². The molecule has 0 spiro atoms. The number of hydrogen-bond donors (Lipinski definition) is 2. The number of hydrogen-bond acceptors (Lipinski definition) is 3. The smallest absolute Gasteiger partial charge is 0.327 e. The van der Waals surface area contributed by atoms with E-state index in [0.717, 1.165) is 15.7 Å². The molecular formula is C33H23Cl3N2O4. The number of carbonyl (C=O) groups excluding carboxylic acids is 1. The predicted molar refractivity (Wildman–Crippen MR) is 168 cm³/mol. The molecule has 1 heterocycles. The van der Waals surface area contributed by atoms with E-state index >= 15 is 0 Å². The molecule has 210 valence electrons. The SMILES string of the molecule is O=C(Nc1cc(-c2ccc(Cl)c(Cl)c2)cn(C(Cc2ccc(Cl)cc2)C(=O)O)c1=O)c1ccc(-c2ccccc2)cc1. The van der Waals surface area contributed by atoms with Gasteiger partial charge in [-0.15, -0.1) is 0 Å². The molecule has 42 heavy (non-hydrogen) atoms. The average Bonchev–Trinajstić information content (AvgIpc) is 3.00. The number of carbonyl (C=O) groups is 2. The van der Waals surface area contributed by atoms with Gasteiger partial charge in [-0.2, -0.15) is 0 Å². The molecule has 1 unspecified atom stereocenters. The van der Waals surface area contributed by atoms with Gasteiger partial charge in [-0.1, -0.05) is 95.5 Å². The average molecular weight is 618 g/mol. The van der Waals surface area contributed by atoms with Gasteiger partial charge in [-0.25, -0.2) is 4.79 Å². The van der Waals surface area contributed by atoms with Crippen molar-refractivity contribution in [2.75, 3.05) is 5.32 Å². The Hall–Kier alpha value is -4.36. The van der Waals surface area contributed by atoms with Crippen LogP contribution in [0.3, 0.4) is 0 Å². The molecule has 4 aromatic carbocycles. The summed E-state index contributed by atoms with van der Waals surface area (Å²) in [6, 6.07) is 28.5. The highest BCUT2D eigenvalue weighted by atomic mass is 35.5. The zero-order chi connectivity index (χ0) is 29.8. The summed E-state index contributed by atoms with van der Waals surface area (Å²) in [7, 11) is 0. The van der Waals surface area contributed by atoms with Crippen LogP contribution in [0.1, 0.15) is 22.0 Å². The van der Waals surface area contributed by atoms with Gasteiger partial charge in [0.1, 0.15) is 11.7 Å². The standard InChI is InChI=1S/C33H23Cl3N2O4/c34-26-13-6-20(7-14-26)16-30(33(41)42)38-19-25(24-12-15-27(35)28(36)17-24)18-29(32(38)40)37-31(39)23-10-8-22(9-11-23)21-4-2-1-3-5-21/h1-15,17-19,30H,16H2,(H,37,39)(H,41,42). The molecule has 0 aliphatic carbocycles. The lowest BCUT2D eigenvalue weighted by atomic mass is 10.0. The van der Waals surface area contributed by atoms with Crippen molar-refractivity contribution < 1.29 is 14.7 Å². The molecule has 0 saturated heterocycles. The van der Waals surface area contributed by atoms with E-state index in [1.165, 1.54) is 12.3 Å². The number of carboxylic acids is 1. The predicted octanol–water partition coefficient (Wildman–Crippen LogP) is 8.26. The molecule has 0 aliphatic heterocycles. The summed E-state index contributed by atoms with van der Waals surface area (Å²) in [4.78, 5) is 39.4. The van der Waals surface area contributed by atoms with E-state index in [2.05, 4.69) is 5.32 Å². The maximum Gasteiger partial charge on any atom is 0.327 e. The Bertz CT molecular complexity index is 1820. The zero-order valence-corrected chi connectivity index (χ0v) is 24.2. The Morgan fingerprint density at radius 3 is 2.02 bits per heavy atom. The lowest BCUT2D eigenvalue weighted by Gasteiger charge is -2.19. The molecule has 6 nitrogen and oxygen atoms in total. The van der Waals surface area contributed by atoms with Crippen LogP contribution in [0.25, 0.3) is 22.3 Å². The molecule has 0 aliphatic rings. The first-order chi connectivity index (χ1) is 20.2. The van der Waals surface area contributed by atoms with Crippen LogP contribution in [0.4, 0.5) is 5.69 Å². The topological polar surface area (TPSA) is 88.4 Å². The zero-order valence-electron chi connectivity index (χ0n) is 21.9. The fourth-order valence-electron chi connectivity index (χ4n) is 4.54. The van der Waals surface area contributed by atoms with Crippen molar-refractivity contribution in [3.05, 3.63) is 146 Å². The highest BCUT2D eigenvalue weighted by molar-refractivity contribution is 6.42. The monoisotopic (exact) mass is 616 g/mol. The van der Waals surface area contributed by atoms with E-state index < -0.39 is 23.5 Å². The van der Waals surface area contributed by atoms with Gasteiger partial charge >= 0.3 is 5.97 Å². The number of rotatable bonds is 8. The molecular weight excluding hydrogens is 595 g/mol. The summed E-state index contributed by atoms with van der Waals surface area (Å²) in [5.41, 5.74) is 3.22. The highest BCUT2D eigenvalue weighted by Crippen LogP contribution is 2.30. The number of halogens is 3. The van der Waals surface area contributed by atoms with Crippen LogP contribution in [0.15, 0.2) is 114 Å². The summed E-state index contributed by atoms with van der Waals surface area (Å²) in [6.07, 6.45) is 1.45. The second kappa shape index (κ2) is 12.7. The first kappa shape index (κ1) is 29.1. The molecule has 1 atom stereocenters. The molecule has 1 aromatic heterocycles. The minimum atomic E-state index is -1.28. The van der Waals surface area contributed by atoms with Crippen LogP contribution in [0.5, 0.6) is 0 Å². The van der Waals surface area contributed by atoms with E-state index in [4.69, 9.17) is 34.8 Å². The number of carboxylic acid groups (broad SMARTS) is 1. The normalized spacial score (nSPS) is 11.6. The summed E-state index contributed by atoms with van der Waals surface area (Å²) in [5.74, 6) is -1.73. The van der Waals surface area contributed by atoms with Crippen molar-refractivity contribution in [1.82, 2.24) is 4.57 Å². The van der Waals surface area contributed by atoms with Gasteiger partial charge in [0.15, 0.2) is 0 Å². The molecule has 2 N–H and O–H groups in total. The maximum absolute atomic E-state index is 13.7. The third-order valence-electron chi connectivity index (χ3n) is 6.76. The van der Waals surface area contributed by atoms with Gasteiger partial charge in [0.2, 0.25) is 0 Å². The number of nitrogens with one attached hydrogen (secondary N) is 1. The minimum Gasteiger partial charge on any atom is -0.480 e. The Balaban J connectivity index is 1.54. The summed E-state index contributed by atoms with van der Waals surface area (Å²) >= 11 is 18.4. The van der Waals surface area contributed by atoms with Gasteiger partial charge in [-0.05, 0) is 64.7 Å². The van der Waals surface area contributed by atoms with Gasteiger partial charge < -0.3 is 10.4 Å². The number of aromatic nitrogens is 1. The van der Waals surface area contributed by atoms with E-state index in [0.29, 0.717) is 32.3 Å². The molecule has 0 fully saturated rings. The van der Waals surface area contributed by atoms with Crippen LogP contribution in [0.2, 0.25) is 15.1 Å². The van der Waals surface area contributed by atoms with Crippen molar-refractivity contribution in [2.45, 2.75) is 12.5 Å². The van der Waals surface area contributed by atoms with Crippen molar-refractivity contribution in [2.24, 2.45) is 0 Å². The molecule has 1 amide bonds. The Morgan fingerprint density at radius 2 is 1.38 bits per heavy atom. The summed E-state index contributed by atoms with van der Waals surface area (Å²) < 4.78 is 1.11. The Morgan fingerprint density at radius 1 is 0.738 bits per heavy atom. The fourth-order valence-corrected chi connectivity index (χ4v) is 4.97. The number of nitrogens with zero attached hydrogens (tertiary/aromatic N) is 1. The Kier molecular flexibility index (Phi) is 8.78. The number of benzene rings is 4. The van der Waals surface area contributed by atoms with E-state index in [-0.39, 0.29) is 17.1 Å². The maximum atomic E-state index is 13.7. The number of anilines is 1. The van der Waals surface area contributed by atoms with E-state index in [9.17, 15) is 19.5 Å². The summed E-state index contributed by atoms with van der Waals surface area (Å²) in [6.45, 7) is 0. The first-order valence-electron chi connectivity index (χ1n) is 12.9. The fraction of sp³-hybridized carbons (Fsp3) is 0.0606. The van der Waals surface area contributed by atoms with E-state index in [1.807, 2.05) is 42.5 Å². The minimum absolute atomic E-state index is 0.00553. The molecule has 5 aromatic rings. The molecule has 0 bridgehead atoms. The lowest BCUT2D eigenvalue weighted by molar-refractivity contribution is -0.141. The number of amides is 1. The third-order valence-corrected chi connectivity index (χ3v) is 7.75. The van der Waals surface area contributed by atoms with Gasteiger partial charge in [-0.3, -0.25) is 14.2 Å². The summed E-state index contributed by atoms with van der Waals surface area (Å²) in [5, 5.41) is 14.0. The van der Waals surface area contributed by atoms with Crippen molar-refractivity contribution >= 4 is 52.4 Å². The van der Waals surface area contributed by atoms with Crippen molar-refractivity contribution in [3.63, 3.8) is 0 Å². The second-order valence-corrected chi connectivity index (χ2v) is 10.8. The van der Waals surface area contributed by atoms with Crippen molar-refractivity contribution in [1.29, 1.82) is 0 Å². The largest absolute Gasteiger partial charge is 0.480 e. The van der Waals surface area contributed by atoms with Gasteiger partial charge in [0.25, 0.3) is 11.5 Å². The number of pyridine rings is 1. The van der Waals surface area contributed by atoms with Gasteiger partial charge in [0.05, 0.1) is 10.0 Å². The molecule has 5 rings (SSSR count). The first-order valence-corrected chi connectivity index (χ1v) is 14.0. The quantitative estimate of drug-likeness (QED) is 0.183. The number of aliphatic carboxylic acids is 1. The molecule has 0 saturated carbocycles. The lowest BCUT2D eigenvalue weighted by Crippen LogP contribution is -2.33. The molecule has 0 radical (unpaired) electrons. The van der Waals surface area contributed by atoms with Crippen LogP contribution in [0, 0.1) is 0 Å². The Labute approximate surface area is 256 Å². The van der Waals surface area contributed by atoms with Crippen molar-refractivity contribution in [3.8, 4) is 22.3 Å². The van der Waals surface area contributed by atoms with Crippen LogP contribution in [-0.2, 0) is 11.2 Å². The molecule has 9 heteroatoms. The second-order valence-electron chi connectivity index (χ2n) is 9.57. The van der Waals surface area contributed by atoms with Crippen LogP contribution < -0.4 is 10.9 Å².